The minimum Gasteiger partial charge on any atom is -0.508 e. The number of hydrogen-bond donors (Lipinski definition) is 6. The molecule has 0 aliphatic carbocycles. The van der Waals surface area contributed by atoms with Crippen LogP contribution in [0.3, 0.4) is 0 Å². The summed E-state index contributed by atoms with van der Waals surface area (Å²) in [6.07, 6.45) is 6.61. The third kappa shape index (κ3) is 8.41. The first-order valence-corrected chi connectivity index (χ1v) is 14.3. The zero-order valence-electron chi connectivity index (χ0n) is 25.4. The van der Waals surface area contributed by atoms with Crippen molar-refractivity contribution >= 4 is 34.8 Å². The largest absolute Gasteiger partial charge is 0.508 e. The van der Waals surface area contributed by atoms with E-state index in [4.69, 9.17) is 0 Å². The normalized spacial score (nSPS) is 14.7. The Morgan fingerprint density at radius 1 is 0.905 bits per heavy atom. The monoisotopic (exact) mass is 580 g/mol. The number of hydrogen-bond acceptors (Lipinski definition) is 7. The zero-order chi connectivity index (χ0) is 31.2. The molecule has 0 saturated heterocycles. The molecule has 0 spiro atoms. The molecule has 0 saturated carbocycles. The lowest BCUT2D eigenvalue weighted by Crippen LogP contribution is -2.46. The lowest BCUT2D eigenvalue weighted by molar-refractivity contribution is -0.121. The van der Waals surface area contributed by atoms with E-state index in [1.54, 1.807) is 12.1 Å². The van der Waals surface area contributed by atoms with Crippen LogP contribution in [0.1, 0.15) is 90.4 Å². The van der Waals surface area contributed by atoms with E-state index in [2.05, 4.69) is 16.0 Å². The molecule has 2 aromatic carbocycles. The quantitative estimate of drug-likeness (QED) is 0.109. The molecule has 228 valence electrons. The van der Waals surface area contributed by atoms with Gasteiger partial charge in [-0.2, -0.15) is 0 Å². The van der Waals surface area contributed by atoms with Crippen LogP contribution in [0.2, 0.25) is 0 Å². The third-order valence-corrected chi connectivity index (χ3v) is 7.58. The topological polar surface area (TPSA) is 151 Å². The Morgan fingerprint density at radius 3 is 2.24 bits per heavy atom. The predicted octanol–water partition coefficient (Wildman–Crippen LogP) is 5.60. The molecule has 42 heavy (non-hydrogen) atoms. The molecular weight excluding hydrogens is 536 g/mol. The van der Waals surface area contributed by atoms with Crippen molar-refractivity contribution in [3.05, 3.63) is 47.5 Å². The van der Waals surface area contributed by atoms with Crippen LogP contribution in [0, 0.1) is 0 Å². The third-order valence-electron chi connectivity index (χ3n) is 7.58. The van der Waals surface area contributed by atoms with Crippen molar-refractivity contribution < 1.29 is 29.7 Å². The molecular formula is C32H44N4O6. The van der Waals surface area contributed by atoms with Crippen LogP contribution < -0.4 is 20.9 Å². The van der Waals surface area contributed by atoms with Gasteiger partial charge in [-0.1, -0.05) is 17.7 Å². The second-order valence-corrected chi connectivity index (χ2v) is 12.2. The molecule has 3 rings (SSSR count). The van der Waals surface area contributed by atoms with Crippen LogP contribution in [0.15, 0.2) is 42.0 Å². The van der Waals surface area contributed by atoms with Crippen molar-refractivity contribution in [1.29, 1.82) is 0 Å². The van der Waals surface area contributed by atoms with Gasteiger partial charge in [0, 0.05) is 43.6 Å². The number of para-hydroxylation sites is 1. The van der Waals surface area contributed by atoms with Crippen molar-refractivity contribution in [2.24, 2.45) is 0 Å². The Labute approximate surface area is 247 Å². The molecule has 10 nitrogen and oxygen atoms in total. The minimum atomic E-state index is -0.398. The highest BCUT2D eigenvalue weighted by molar-refractivity contribution is 6.15. The summed E-state index contributed by atoms with van der Waals surface area (Å²) >= 11 is 0. The Kier molecular flexibility index (Phi) is 10.1. The number of anilines is 3. The molecule has 0 fully saturated rings. The number of phenols is 3. The summed E-state index contributed by atoms with van der Waals surface area (Å²) < 4.78 is 0. The van der Waals surface area contributed by atoms with Gasteiger partial charge in [0.15, 0.2) is 0 Å². The Bertz CT molecular complexity index is 1370. The average molecular weight is 581 g/mol. The second-order valence-electron chi connectivity index (χ2n) is 12.2. The summed E-state index contributed by atoms with van der Waals surface area (Å²) in [7, 11) is 0. The minimum absolute atomic E-state index is 0.0653. The van der Waals surface area contributed by atoms with Crippen molar-refractivity contribution in [3.8, 4) is 17.2 Å². The van der Waals surface area contributed by atoms with Gasteiger partial charge in [-0.25, -0.2) is 0 Å². The number of carbonyl (C=O) groups excluding carboxylic acids is 3. The van der Waals surface area contributed by atoms with Gasteiger partial charge in [0.25, 0.3) is 5.91 Å². The van der Waals surface area contributed by atoms with Gasteiger partial charge >= 0.3 is 0 Å². The lowest BCUT2D eigenvalue weighted by Gasteiger charge is -2.33. The van der Waals surface area contributed by atoms with Crippen LogP contribution in [0.4, 0.5) is 17.1 Å². The number of nitrogens with one attached hydrogen (secondary N) is 3. The van der Waals surface area contributed by atoms with Crippen LogP contribution in [0.25, 0.3) is 0 Å². The van der Waals surface area contributed by atoms with E-state index in [0.29, 0.717) is 0 Å². The SMILES string of the molecule is CC(=O)NC(C)(C)CCCC(C)(CCC/C(C)=C/CN1C(=O)c2cccc(O)c2Nc2c(O)cc(O)cc21)NC(C)=O. The molecule has 1 heterocycles. The van der Waals surface area contributed by atoms with Gasteiger partial charge in [0.05, 0.1) is 16.9 Å². The van der Waals surface area contributed by atoms with Gasteiger partial charge in [0.2, 0.25) is 11.8 Å². The fraction of sp³-hybridized carbons (Fsp3) is 0.469. The maximum absolute atomic E-state index is 13.6. The lowest BCUT2D eigenvalue weighted by atomic mass is 9.85. The molecule has 2 aromatic rings. The Morgan fingerprint density at radius 2 is 1.57 bits per heavy atom. The van der Waals surface area contributed by atoms with Gasteiger partial charge < -0.3 is 36.2 Å². The highest BCUT2D eigenvalue weighted by Crippen LogP contribution is 2.45. The summed E-state index contributed by atoms with van der Waals surface area (Å²) in [4.78, 5) is 38.5. The summed E-state index contributed by atoms with van der Waals surface area (Å²) in [5.74, 6) is -1.12. The van der Waals surface area contributed by atoms with Gasteiger partial charge in [-0.15, -0.1) is 0 Å². The van der Waals surface area contributed by atoms with Crippen molar-refractivity contribution in [2.75, 3.05) is 16.8 Å². The Hall–Kier alpha value is -4.21. The number of rotatable bonds is 12. The molecule has 10 heteroatoms. The number of fused-ring (bicyclic) bond motifs is 2. The van der Waals surface area contributed by atoms with E-state index in [-0.39, 0.29) is 69.7 Å². The predicted molar refractivity (Wildman–Crippen MR) is 164 cm³/mol. The molecule has 0 radical (unpaired) electrons. The Balaban J connectivity index is 1.71. The van der Waals surface area contributed by atoms with Crippen molar-refractivity contribution in [1.82, 2.24) is 10.6 Å². The first-order valence-electron chi connectivity index (χ1n) is 14.3. The van der Waals surface area contributed by atoms with E-state index in [1.807, 2.05) is 33.8 Å². The summed E-state index contributed by atoms with van der Waals surface area (Å²) in [5, 5.41) is 40.2. The molecule has 1 unspecified atom stereocenters. The molecule has 1 atom stereocenters. The summed E-state index contributed by atoms with van der Waals surface area (Å²) in [6, 6.07) is 7.20. The van der Waals surface area contributed by atoms with Gasteiger partial charge in [-0.3, -0.25) is 14.4 Å². The summed E-state index contributed by atoms with van der Waals surface area (Å²) in [5.41, 5.74) is 1.24. The molecule has 1 aliphatic rings. The van der Waals surface area contributed by atoms with Crippen LogP contribution >= 0.6 is 0 Å². The highest BCUT2D eigenvalue weighted by atomic mass is 16.3. The zero-order valence-corrected chi connectivity index (χ0v) is 25.4. The maximum atomic E-state index is 13.6. The van der Waals surface area contributed by atoms with Crippen LogP contribution in [0.5, 0.6) is 17.2 Å². The van der Waals surface area contributed by atoms with Gasteiger partial charge in [-0.05, 0) is 78.4 Å². The average Bonchev–Trinajstić information content (AvgIpc) is 2.96. The standard InChI is InChI=1S/C32H44N4O6/c1-20(10-8-15-32(6,35-22(3)38)16-9-14-31(4,5)34-21(2)37)13-17-36-25-18-23(39)19-27(41)29(25)33-28-24(30(36)42)11-7-12-26(28)40/h7,11-13,18-19,33,39-41H,8-10,14-17H2,1-6H3,(H,34,37)(H,35,38)/b20-13+. The number of carbonyl (C=O) groups is 3. The first kappa shape index (κ1) is 32.3. The first-order chi connectivity index (χ1) is 19.6. The molecule has 3 amide bonds. The fourth-order valence-electron chi connectivity index (χ4n) is 5.59. The van der Waals surface area contributed by atoms with Crippen molar-refractivity contribution in [2.45, 2.75) is 91.1 Å². The molecule has 6 N–H and O–H groups in total. The second kappa shape index (κ2) is 13.2. The number of benzene rings is 2. The van der Waals surface area contributed by atoms with Crippen molar-refractivity contribution in [3.63, 3.8) is 0 Å². The van der Waals surface area contributed by atoms with Crippen LogP contribution in [-0.2, 0) is 9.59 Å². The van der Waals surface area contributed by atoms with E-state index in [9.17, 15) is 29.7 Å². The smallest absolute Gasteiger partial charge is 0.260 e. The fourth-order valence-corrected chi connectivity index (χ4v) is 5.59. The number of phenolic OH excluding ortho intramolecular Hbond substituents is 3. The number of allylic oxidation sites excluding steroid dienone is 1. The van der Waals surface area contributed by atoms with E-state index in [1.165, 1.54) is 36.9 Å². The highest BCUT2D eigenvalue weighted by Gasteiger charge is 2.30. The maximum Gasteiger partial charge on any atom is 0.260 e. The number of amides is 3. The summed E-state index contributed by atoms with van der Waals surface area (Å²) in [6.45, 7) is 11.2. The molecule has 0 bridgehead atoms. The molecule has 1 aliphatic heterocycles. The van der Waals surface area contributed by atoms with Crippen LogP contribution in [-0.4, -0.2) is 50.7 Å². The molecule has 0 aromatic heterocycles. The van der Waals surface area contributed by atoms with E-state index >= 15 is 0 Å². The number of aromatic hydroxyl groups is 3. The van der Waals surface area contributed by atoms with E-state index in [0.717, 1.165) is 44.1 Å². The van der Waals surface area contributed by atoms with Gasteiger partial charge in [0.1, 0.15) is 22.9 Å². The number of nitrogens with zero attached hydrogens (tertiary/aromatic N) is 1. The van der Waals surface area contributed by atoms with E-state index < -0.39 is 5.54 Å².